The van der Waals surface area contributed by atoms with Gasteiger partial charge in [-0.3, -0.25) is 14.7 Å². The van der Waals surface area contributed by atoms with Gasteiger partial charge in [-0.1, -0.05) is 25.5 Å². The standard InChI is InChI=1S/C22H37N5O.HI/c1-5-20-11-6-7-15-27(20)16-14-25-22(23-2)24-13-12-18-9-8-10-19(17-18)21(28)26(3)4;/h8-10,17,20H,5-7,11-16H2,1-4H3,(H2,23,24,25);1H. The topological polar surface area (TPSA) is 60.0 Å². The second-order valence-corrected chi connectivity index (χ2v) is 7.67. The molecule has 1 heterocycles. The van der Waals surface area contributed by atoms with Crippen LogP contribution in [0.2, 0.25) is 0 Å². The lowest BCUT2D eigenvalue weighted by Gasteiger charge is -2.35. The Labute approximate surface area is 193 Å². The van der Waals surface area contributed by atoms with Gasteiger partial charge >= 0.3 is 0 Å². The zero-order chi connectivity index (χ0) is 20.4. The summed E-state index contributed by atoms with van der Waals surface area (Å²) in [6.45, 7) is 6.25. The molecule has 0 aromatic heterocycles. The van der Waals surface area contributed by atoms with Crippen LogP contribution < -0.4 is 10.6 Å². The molecule has 164 valence electrons. The van der Waals surface area contributed by atoms with Gasteiger partial charge in [0, 0.05) is 52.4 Å². The van der Waals surface area contributed by atoms with Gasteiger partial charge in [0.15, 0.2) is 5.96 Å². The van der Waals surface area contributed by atoms with Crippen molar-refractivity contribution >= 4 is 35.8 Å². The number of nitrogens with zero attached hydrogens (tertiary/aromatic N) is 3. The van der Waals surface area contributed by atoms with E-state index < -0.39 is 0 Å². The van der Waals surface area contributed by atoms with Crippen LogP contribution in [0.3, 0.4) is 0 Å². The first kappa shape index (κ1) is 25.7. The molecule has 2 N–H and O–H groups in total. The Morgan fingerprint density at radius 3 is 2.69 bits per heavy atom. The number of likely N-dealkylation sites (tertiary alicyclic amines) is 1. The maximum atomic E-state index is 12.1. The van der Waals surface area contributed by atoms with Gasteiger partial charge in [-0.15, -0.1) is 24.0 Å². The molecule has 1 saturated heterocycles. The van der Waals surface area contributed by atoms with Gasteiger partial charge in [0.1, 0.15) is 0 Å². The second kappa shape index (κ2) is 13.8. The zero-order valence-electron chi connectivity index (χ0n) is 18.4. The summed E-state index contributed by atoms with van der Waals surface area (Å²) in [5.41, 5.74) is 1.88. The highest BCUT2D eigenvalue weighted by Gasteiger charge is 2.19. The smallest absolute Gasteiger partial charge is 0.253 e. The summed E-state index contributed by atoms with van der Waals surface area (Å²) >= 11 is 0. The van der Waals surface area contributed by atoms with E-state index in [4.69, 9.17) is 0 Å². The van der Waals surface area contributed by atoms with Crippen LogP contribution in [-0.4, -0.2) is 75.0 Å². The Bertz CT molecular complexity index is 650. The number of hydrogen-bond acceptors (Lipinski definition) is 3. The molecule has 1 atom stereocenters. The largest absolute Gasteiger partial charge is 0.356 e. The van der Waals surface area contributed by atoms with Crippen molar-refractivity contribution in [3.63, 3.8) is 0 Å². The van der Waals surface area contributed by atoms with Crippen molar-refractivity contribution in [3.8, 4) is 0 Å². The van der Waals surface area contributed by atoms with Crippen LogP contribution in [0.1, 0.15) is 48.5 Å². The Morgan fingerprint density at radius 1 is 1.24 bits per heavy atom. The lowest BCUT2D eigenvalue weighted by Crippen LogP contribution is -2.46. The van der Waals surface area contributed by atoms with Crippen molar-refractivity contribution in [2.24, 2.45) is 4.99 Å². The fourth-order valence-corrected chi connectivity index (χ4v) is 3.80. The van der Waals surface area contributed by atoms with E-state index in [1.807, 2.05) is 18.2 Å². The van der Waals surface area contributed by atoms with E-state index in [0.717, 1.165) is 49.2 Å². The number of carbonyl (C=O) groups is 1. The van der Waals surface area contributed by atoms with Gasteiger partial charge in [0.2, 0.25) is 0 Å². The number of aliphatic imine (C=N–C) groups is 1. The van der Waals surface area contributed by atoms with Crippen molar-refractivity contribution in [2.75, 3.05) is 47.3 Å². The molecule has 1 aliphatic heterocycles. The molecule has 7 heteroatoms. The molecule has 1 unspecified atom stereocenters. The zero-order valence-corrected chi connectivity index (χ0v) is 20.7. The number of rotatable bonds is 8. The molecule has 1 aromatic rings. The molecule has 0 bridgehead atoms. The molecule has 1 aromatic carbocycles. The van der Waals surface area contributed by atoms with Gasteiger partial charge in [0.25, 0.3) is 5.91 Å². The molecule has 0 radical (unpaired) electrons. The maximum absolute atomic E-state index is 12.1. The lowest BCUT2D eigenvalue weighted by molar-refractivity contribution is 0.0827. The van der Waals surface area contributed by atoms with Gasteiger partial charge in [-0.05, 0) is 49.9 Å². The predicted molar refractivity (Wildman–Crippen MR) is 132 cm³/mol. The molecule has 0 saturated carbocycles. The quantitative estimate of drug-likeness (QED) is 0.318. The summed E-state index contributed by atoms with van der Waals surface area (Å²) in [6.07, 6.45) is 6.10. The van der Waals surface area contributed by atoms with Crippen LogP contribution in [0.15, 0.2) is 29.3 Å². The number of halogens is 1. The highest BCUT2D eigenvalue weighted by atomic mass is 127. The first-order valence-electron chi connectivity index (χ1n) is 10.5. The number of piperidine rings is 1. The monoisotopic (exact) mass is 515 g/mol. The highest BCUT2D eigenvalue weighted by molar-refractivity contribution is 14.0. The van der Waals surface area contributed by atoms with Crippen molar-refractivity contribution in [1.29, 1.82) is 0 Å². The maximum Gasteiger partial charge on any atom is 0.253 e. The van der Waals surface area contributed by atoms with E-state index in [-0.39, 0.29) is 29.9 Å². The third kappa shape index (κ3) is 8.50. The van der Waals surface area contributed by atoms with Crippen LogP contribution >= 0.6 is 24.0 Å². The van der Waals surface area contributed by atoms with E-state index >= 15 is 0 Å². The molecular formula is C22H38IN5O. The molecule has 1 aliphatic rings. The van der Waals surface area contributed by atoms with E-state index in [2.05, 4.69) is 33.5 Å². The molecular weight excluding hydrogens is 477 g/mol. The normalized spacial score (nSPS) is 17.4. The van der Waals surface area contributed by atoms with Crippen molar-refractivity contribution in [2.45, 2.75) is 45.1 Å². The van der Waals surface area contributed by atoms with Crippen molar-refractivity contribution in [3.05, 3.63) is 35.4 Å². The van der Waals surface area contributed by atoms with Gasteiger partial charge in [-0.25, -0.2) is 0 Å². The Kier molecular flexibility index (Phi) is 12.2. The summed E-state index contributed by atoms with van der Waals surface area (Å²) in [6, 6.07) is 8.58. The van der Waals surface area contributed by atoms with Crippen LogP contribution in [0, 0.1) is 0 Å². The minimum absolute atomic E-state index is 0. The summed E-state index contributed by atoms with van der Waals surface area (Å²) in [5, 5.41) is 6.81. The first-order chi connectivity index (χ1) is 13.5. The number of hydrogen-bond donors (Lipinski definition) is 2. The third-order valence-electron chi connectivity index (χ3n) is 5.42. The third-order valence-corrected chi connectivity index (χ3v) is 5.42. The minimum Gasteiger partial charge on any atom is -0.356 e. The average molecular weight is 515 g/mol. The Balaban J connectivity index is 0.00000420. The van der Waals surface area contributed by atoms with Crippen LogP contribution in [0.4, 0.5) is 0 Å². The van der Waals surface area contributed by atoms with Crippen molar-refractivity contribution < 1.29 is 4.79 Å². The molecule has 0 spiro atoms. The SMILES string of the molecule is CCC1CCCCN1CCNC(=NC)NCCc1cccc(C(=O)N(C)C)c1.I. The number of guanidine groups is 1. The van der Waals surface area contributed by atoms with E-state index in [1.54, 1.807) is 26.0 Å². The predicted octanol–water partition coefficient (Wildman–Crippen LogP) is 2.98. The molecule has 1 fully saturated rings. The lowest BCUT2D eigenvalue weighted by atomic mass is 10.0. The number of carbonyl (C=O) groups excluding carboxylic acids is 1. The average Bonchev–Trinajstić information content (AvgIpc) is 2.72. The number of amides is 1. The Morgan fingerprint density at radius 2 is 2.00 bits per heavy atom. The van der Waals surface area contributed by atoms with Crippen molar-refractivity contribution in [1.82, 2.24) is 20.4 Å². The fraction of sp³-hybridized carbons (Fsp3) is 0.636. The van der Waals surface area contributed by atoms with Gasteiger partial charge in [-0.2, -0.15) is 0 Å². The van der Waals surface area contributed by atoms with Gasteiger partial charge in [0.05, 0.1) is 0 Å². The summed E-state index contributed by atoms with van der Waals surface area (Å²) < 4.78 is 0. The molecule has 1 amide bonds. The first-order valence-corrected chi connectivity index (χ1v) is 10.5. The number of nitrogens with one attached hydrogen (secondary N) is 2. The van der Waals surface area contributed by atoms with Crippen LogP contribution in [0.5, 0.6) is 0 Å². The highest BCUT2D eigenvalue weighted by Crippen LogP contribution is 2.18. The van der Waals surface area contributed by atoms with Crippen LogP contribution in [-0.2, 0) is 6.42 Å². The minimum atomic E-state index is 0. The molecule has 2 rings (SSSR count). The second-order valence-electron chi connectivity index (χ2n) is 7.67. The summed E-state index contributed by atoms with van der Waals surface area (Å²) in [7, 11) is 5.36. The molecule has 0 aliphatic carbocycles. The molecule has 6 nitrogen and oxygen atoms in total. The Hall–Kier alpha value is -1.35. The molecule has 29 heavy (non-hydrogen) atoms. The summed E-state index contributed by atoms with van der Waals surface area (Å²) in [4.78, 5) is 20.6. The number of benzene rings is 1. The van der Waals surface area contributed by atoms with E-state index in [0.29, 0.717) is 0 Å². The van der Waals surface area contributed by atoms with Crippen LogP contribution in [0.25, 0.3) is 0 Å². The van der Waals surface area contributed by atoms with E-state index in [9.17, 15) is 4.79 Å². The fourth-order valence-electron chi connectivity index (χ4n) is 3.80. The summed E-state index contributed by atoms with van der Waals surface area (Å²) in [5.74, 6) is 0.876. The van der Waals surface area contributed by atoms with E-state index in [1.165, 1.54) is 32.2 Å². The van der Waals surface area contributed by atoms with Gasteiger partial charge < -0.3 is 15.5 Å².